The summed E-state index contributed by atoms with van der Waals surface area (Å²) in [4.78, 5) is 10.9. The maximum atomic E-state index is 10.9. The van der Waals surface area contributed by atoms with E-state index in [1.54, 1.807) is 7.11 Å². The molecule has 5 heteroatoms. The summed E-state index contributed by atoms with van der Waals surface area (Å²) in [6.07, 6.45) is 0.260. The van der Waals surface area contributed by atoms with Crippen LogP contribution >= 0.6 is 0 Å². The lowest BCUT2D eigenvalue weighted by molar-refractivity contribution is -0.138. The smallest absolute Gasteiger partial charge is 0.320 e. The second-order valence-electron chi connectivity index (χ2n) is 5.85. The number of carboxylic acid groups (broad SMARTS) is 1. The number of nitrogens with two attached hydrogens (primary N) is 1. The molecular formula is C19H23NO4. The first-order valence-electron chi connectivity index (χ1n) is 7.75. The Morgan fingerprint density at radius 2 is 1.92 bits per heavy atom. The predicted molar refractivity (Wildman–Crippen MR) is 92.6 cm³/mol. The fourth-order valence-electron chi connectivity index (χ4n) is 2.43. The summed E-state index contributed by atoms with van der Waals surface area (Å²) in [5.74, 6) is 0.511. The van der Waals surface area contributed by atoms with Gasteiger partial charge in [0.15, 0.2) is 0 Å². The van der Waals surface area contributed by atoms with E-state index in [0.29, 0.717) is 12.4 Å². The maximum Gasteiger partial charge on any atom is 0.320 e. The molecule has 2 rings (SSSR count). The molecule has 0 spiro atoms. The van der Waals surface area contributed by atoms with Crippen molar-refractivity contribution in [3.63, 3.8) is 0 Å². The van der Waals surface area contributed by atoms with Crippen LogP contribution in [0.3, 0.4) is 0 Å². The van der Waals surface area contributed by atoms with Crippen LogP contribution in [0.4, 0.5) is 0 Å². The highest BCUT2D eigenvalue weighted by atomic mass is 16.5. The van der Waals surface area contributed by atoms with Gasteiger partial charge in [0.1, 0.15) is 24.1 Å². The third kappa shape index (κ3) is 4.49. The molecular weight excluding hydrogens is 306 g/mol. The number of rotatable bonds is 7. The first-order chi connectivity index (χ1) is 11.4. The number of carboxylic acids is 1. The van der Waals surface area contributed by atoms with Gasteiger partial charge in [0, 0.05) is 5.56 Å². The van der Waals surface area contributed by atoms with Crippen LogP contribution in [0.1, 0.15) is 22.3 Å². The third-order valence-corrected chi connectivity index (χ3v) is 3.84. The molecule has 3 N–H and O–H groups in total. The van der Waals surface area contributed by atoms with Crippen molar-refractivity contribution < 1.29 is 19.4 Å². The van der Waals surface area contributed by atoms with Crippen molar-refractivity contribution in [2.45, 2.75) is 32.9 Å². The van der Waals surface area contributed by atoms with Gasteiger partial charge in [-0.3, -0.25) is 4.79 Å². The van der Waals surface area contributed by atoms with Crippen LogP contribution in [0.2, 0.25) is 0 Å². The van der Waals surface area contributed by atoms with Gasteiger partial charge in [-0.1, -0.05) is 18.2 Å². The van der Waals surface area contributed by atoms with E-state index in [-0.39, 0.29) is 6.42 Å². The average Bonchev–Trinajstić information content (AvgIpc) is 2.55. The highest BCUT2D eigenvalue weighted by Gasteiger charge is 2.14. The molecule has 24 heavy (non-hydrogen) atoms. The number of benzene rings is 2. The number of aryl methyl sites for hydroxylation is 2. The zero-order chi connectivity index (χ0) is 17.7. The van der Waals surface area contributed by atoms with E-state index in [9.17, 15) is 4.79 Å². The van der Waals surface area contributed by atoms with Crippen LogP contribution in [0, 0.1) is 13.8 Å². The molecule has 0 aromatic heterocycles. The highest BCUT2D eigenvalue weighted by molar-refractivity contribution is 5.73. The summed E-state index contributed by atoms with van der Waals surface area (Å²) in [6.45, 7) is 4.35. The maximum absolute atomic E-state index is 10.9. The summed E-state index contributed by atoms with van der Waals surface area (Å²) in [7, 11) is 1.60. The average molecular weight is 329 g/mol. The lowest BCUT2D eigenvalue weighted by atomic mass is 10.0. The number of methoxy groups -OCH3 is 1. The van der Waals surface area contributed by atoms with Crippen LogP contribution < -0.4 is 15.2 Å². The van der Waals surface area contributed by atoms with Crippen LogP contribution in [0.25, 0.3) is 0 Å². The molecule has 5 nitrogen and oxygen atoms in total. The van der Waals surface area contributed by atoms with Crippen molar-refractivity contribution in [1.82, 2.24) is 0 Å². The van der Waals surface area contributed by atoms with Gasteiger partial charge in [0.05, 0.1) is 7.11 Å². The van der Waals surface area contributed by atoms with E-state index in [1.807, 2.05) is 50.2 Å². The SMILES string of the molecule is COc1ccc(CC(N)C(=O)O)cc1COc1cc(C)ccc1C. The Hall–Kier alpha value is -2.53. The minimum atomic E-state index is -1.01. The normalized spacial score (nSPS) is 11.8. The summed E-state index contributed by atoms with van der Waals surface area (Å²) in [5, 5.41) is 8.95. The minimum Gasteiger partial charge on any atom is -0.496 e. The lowest BCUT2D eigenvalue weighted by Crippen LogP contribution is -2.32. The first kappa shape index (κ1) is 17.8. The van der Waals surface area contributed by atoms with Crippen molar-refractivity contribution in [1.29, 1.82) is 0 Å². The van der Waals surface area contributed by atoms with E-state index < -0.39 is 12.0 Å². The lowest BCUT2D eigenvalue weighted by Gasteiger charge is -2.14. The van der Waals surface area contributed by atoms with Gasteiger partial charge < -0.3 is 20.3 Å². The van der Waals surface area contributed by atoms with Crippen LogP contribution in [-0.2, 0) is 17.8 Å². The third-order valence-electron chi connectivity index (χ3n) is 3.84. The monoisotopic (exact) mass is 329 g/mol. The zero-order valence-corrected chi connectivity index (χ0v) is 14.2. The summed E-state index contributed by atoms with van der Waals surface area (Å²) >= 11 is 0. The van der Waals surface area contributed by atoms with E-state index in [1.165, 1.54) is 0 Å². The molecule has 0 amide bonds. The Morgan fingerprint density at radius 3 is 2.58 bits per heavy atom. The second kappa shape index (κ2) is 7.84. The number of hydrogen-bond acceptors (Lipinski definition) is 4. The van der Waals surface area contributed by atoms with Crippen LogP contribution in [-0.4, -0.2) is 24.2 Å². The van der Waals surface area contributed by atoms with Crippen molar-refractivity contribution in [2.24, 2.45) is 5.73 Å². The molecule has 0 saturated heterocycles. The van der Waals surface area contributed by atoms with E-state index in [4.69, 9.17) is 20.3 Å². The van der Waals surface area contributed by atoms with E-state index in [2.05, 4.69) is 0 Å². The molecule has 2 aromatic rings. The van der Waals surface area contributed by atoms with Crippen molar-refractivity contribution in [3.8, 4) is 11.5 Å². The van der Waals surface area contributed by atoms with Gasteiger partial charge in [0.2, 0.25) is 0 Å². The van der Waals surface area contributed by atoms with Crippen molar-refractivity contribution >= 4 is 5.97 Å². The molecule has 2 aromatic carbocycles. The zero-order valence-electron chi connectivity index (χ0n) is 14.2. The Kier molecular flexibility index (Phi) is 5.82. The molecule has 1 unspecified atom stereocenters. The number of carbonyl (C=O) groups is 1. The molecule has 0 heterocycles. The van der Waals surface area contributed by atoms with Crippen molar-refractivity contribution in [2.75, 3.05) is 7.11 Å². The summed E-state index contributed by atoms with van der Waals surface area (Å²) in [5.41, 5.74) is 9.49. The Balaban J connectivity index is 2.18. The molecule has 0 aliphatic carbocycles. The van der Waals surface area contributed by atoms with Crippen LogP contribution in [0.5, 0.6) is 11.5 Å². The molecule has 0 aliphatic heterocycles. The van der Waals surface area contributed by atoms with Gasteiger partial charge in [-0.15, -0.1) is 0 Å². The van der Waals surface area contributed by atoms with E-state index >= 15 is 0 Å². The first-order valence-corrected chi connectivity index (χ1v) is 7.75. The molecule has 128 valence electrons. The Bertz CT molecular complexity index is 727. The number of hydrogen-bond donors (Lipinski definition) is 2. The van der Waals surface area contributed by atoms with Crippen LogP contribution in [0.15, 0.2) is 36.4 Å². The standard InChI is InChI=1S/C19H23NO4/c1-12-4-5-13(2)18(8-12)24-11-15-9-14(6-7-17(15)23-3)10-16(20)19(21)22/h4-9,16H,10-11,20H2,1-3H3,(H,21,22). The number of aliphatic carboxylic acids is 1. The van der Waals surface area contributed by atoms with Gasteiger partial charge in [-0.2, -0.15) is 0 Å². The largest absolute Gasteiger partial charge is 0.496 e. The highest BCUT2D eigenvalue weighted by Crippen LogP contribution is 2.25. The van der Waals surface area contributed by atoms with Crippen molar-refractivity contribution in [3.05, 3.63) is 58.7 Å². The molecule has 0 saturated carbocycles. The molecule has 0 aliphatic rings. The fourth-order valence-corrected chi connectivity index (χ4v) is 2.43. The summed E-state index contributed by atoms with van der Waals surface area (Å²) < 4.78 is 11.3. The number of ether oxygens (including phenoxy) is 2. The fraction of sp³-hybridized carbons (Fsp3) is 0.316. The van der Waals surface area contributed by atoms with Gasteiger partial charge >= 0.3 is 5.97 Å². The molecule has 1 atom stereocenters. The molecule has 0 radical (unpaired) electrons. The Labute approximate surface area is 142 Å². The molecule has 0 bridgehead atoms. The van der Waals surface area contributed by atoms with Gasteiger partial charge in [-0.25, -0.2) is 0 Å². The quantitative estimate of drug-likeness (QED) is 0.816. The van der Waals surface area contributed by atoms with Gasteiger partial charge in [0.25, 0.3) is 0 Å². The minimum absolute atomic E-state index is 0.260. The van der Waals surface area contributed by atoms with Gasteiger partial charge in [-0.05, 0) is 55.2 Å². The Morgan fingerprint density at radius 1 is 1.17 bits per heavy atom. The molecule has 0 fully saturated rings. The summed E-state index contributed by atoms with van der Waals surface area (Å²) in [6, 6.07) is 10.6. The predicted octanol–water partition coefficient (Wildman–Crippen LogP) is 2.85. The second-order valence-corrected chi connectivity index (χ2v) is 5.85. The topological polar surface area (TPSA) is 81.8 Å². The van der Waals surface area contributed by atoms with E-state index in [0.717, 1.165) is 28.0 Å².